The summed E-state index contributed by atoms with van der Waals surface area (Å²) in [7, 11) is 0. The van der Waals surface area contributed by atoms with E-state index in [2.05, 4.69) is 10.1 Å². The van der Waals surface area contributed by atoms with Crippen LogP contribution in [0.3, 0.4) is 0 Å². The Morgan fingerprint density at radius 2 is 2.09 bits per heavy atom. The molecule has 2 heterocycles. The molecule has 0 amide bonds. The van der Waals surface area contributed by atoms with Gasteiger partial charge in [0.05, 0.1) is 17.7 Å². The van der Waals surface area contributed by atoms with Crippen LogP contribution in [0.2, 0.25) is 0 Å². The number of benzene rings is 1. The van der Waals surface area contributed by atoms with E-state index in [1.807, 2.05) is 0 Å². The molecule has 0 aliphatic carbocycles. The van der Waals surface area contributed by atoms with Gasteiger partial charge in [0.1, 0.15) is 0 Å². The number of fused-ring (bicyclic) bond motifs is 1. The fourth-order valence-corrected chi connectivity index (χ4v) is 2.10. The van der Waals surface area contributed by atoms with Crippen molar-refractivity contribution in [1.82, 2.24) is 14.8 Å². The van der Waals surface area contributed by atoms with Gasteiger partial charge in [0.2, 0.25) is 0 Å². The van der Waals surface area contributed by atoms with Gasteiger partial charge in [-0.2, -0.15) is 5.10 Å². The number of ether oxygens (including phenoxy) is 1. The molecule has 22 heavy (non-hydrogen) atoms. The van der Waals surface area contributed by atoms with Gasteiger partial charge in [0, 0.05) is 12.3 Å². The van der Waals surface area contributed by atoms with Crippen molar-refractivity contribution in [3.05, 3.63) is 53.9 Å². The maximum atomic E-state index is 13.4. The number of halogens is 2. The summed E-state index contributed by atoms with van der Waals surface area (Å²) in [5.41, 5.74) is 0.699. The third-order valence-corrected chi connectivity index (χ3v) is 3.06. The lowest BCUT2D eigenvalue weighted by molar-refractivity contribution is 0.0521. The van der Waals surface area contributed by atoms with Crippen LogP contribution in [0.5, 0.6) is 0 Å². The van der Waals surface area contributed by atoms with Crippen molar-refractivity contribution in [2.45, 2.75) is 6.92 Å². The number of pyridine rings is 1. The number of carbonyl (C=O) groups is 1. The number of hydrogen-bond acceptors (Lipinski definition) is 4. The van der Waals surface area contributed by atoms with Crippen LogP contribution in [-0.2, 0) is 4.74 Å². The lowest BCUT2D eigenvalue weighted by Crippen LogP contribution is -2.07. The summed E-state index contributed by atoms with van der Waals surface area (Å²) in [5.74, 6) is -2.56. The largest absolute Gasteiger partial charge is 0.461 e. The van der Waals surface area contributed by atoms with Crippen LogP contribution in [0, 0.1) is 11.6 Å². The Kier molecular flexibility index (Phi) is 3.54. The molecule has 0 aliphatic rings. The minimum absolute atomic E-state index is 0.0784. The van der Waals surface area contributed by atoms with Crippen LogP contribution in [0.1, 0.15) is 17.4 Å². The van der Waals surface area contributed by atoms with E-state index in [4.69, 9.17) is 4.74 Å². The third kappa shape index (κ3) is 2.30. The molecule has 0 bridgehead atoms. The highest BCUT2D eigenvalue weighted by Crippen LogP contribution is 2.22. The van der Waals surface area contributed by atoms with Crippen molar-refractivity contribution in [3.8, 4) is 5.69 Å². The van der Waals surface area contributed by atoms with E-state index in [0.717, 1.165) is 12.1 Å². The predicted octanol–water partition coefficient (Wildman–Crippen LogP) is 2.88. The lowest BCUT2D eigenvalue weighted by Gasteiger charge is -2.03. The lowest BCUT2D eigenvalue weighted by atomic mass is 10.2. The number of aromatic nitrogens is 3. The van der Waals surface area contributed by atoms with Gasteiger partial charge in [0.15, 0.2) is 23.0 Å². The smallest absolute Gasteiger partial charge is 0.359 e. The van der Waals surface area contributed by atoms with E-state index in [0.29, 0.717) is 11.0 Å². The zero-order valence-corrected chi connectivity index (χ0v) is 11.6. The standard InChI is InChI=1S/C15H11F2N3O2/c1-2-22-15(21)13-10-4-3-7-18-14(10)20(19-13)9-5-6-11(16)12(17)8-9/h3-8H,2H2,1H3. The molecule has 112 valence electrons. The Bertz CT molecular complexity index is 861. The molecule has 0 spiro atoms. The molecule has 2 aromatic heterocycles. The Balaban J connectivity index is 2.21. The molecule has 0 fully saturated rings. The summed E-state index contributed by atoms with van der Waals surface area (Å²) in [6.07, 6.45) is 1.52. The first kappa shape index (κ1) is 14.1. The highest BCUT2D eigenvalue weighted by atomic mass is 19.2. The van der Waals surface area contributed by atoms with Gasteiger partial charge in [-0.25, -0.2) is 23.2 Å². The number of rotatable bonds is 3. The topological polar surface area (TPSA) is 57.0 Å². The number of esters is 1. The van der Waals surface area contributed by atoms with Crippen molar-refractivity contribution in [2.75, 3.05) is 6.61 Å². The van der Waals surface area contributed by atoms with Gasteiger partial charge in [-0.1, -0.05) is 0 Å². The maximum absolute atomic E-state index is 13.4. The summed E-state index contributed by atoms with van der Waals surface area (Å²) >= 11 is 0. The van der Waals surface area contributed by atoms with E-state index < -0.39 is 17.6 Å². The summed E-state index contributed by atoms with van der Waals surface area (Å²) < 4.78 is 32.7. The van der Waals surface area contributed by atoms with Gasteiger partial charge < -0.3 is 4.74 Å². The van der Waals surface area contributed by atoms with Crippen LogP contribution >= 0.6 is 0 Å². The third-order valence-electron chi connectivity index (χ3n) is 3.06. The molecule has 0 saturated heterocycles. The molecule has 3 aromatic rings. The van der Waals surface area contributed by atoms with Crippen LogP contribution in [0.15, 0.2) is 36.5 Å². The fraction of sp³-hybridized carbons (Fsp3) is 0.133. The molecule has 0 saturated carbocycles. The number of carbonyl (C=O) groups excluding carboxylic acids is 1. The van der Waals surface area contributed by atoms with Gasteiger partial charge in [-0.15, -0.1) is 0 Å². The van der Waals surface area contributed by atoms with Gasteiger partial charge in [0.25, 0.3) is 0 Å². The van der Waals surface area contributed by atoms with Crippen LogP contribution in [-0.4, -0.2) is 27.3 Å². The first-order valence-electron chi connectivity index (χ1n) is 6.58. The van der Waals surface area contributed by atoms with Crippen molar-refractivity contribution in [3.63, 3.8) is 0 Å². The second-order valence-electron chi connectivity index (χ2n) is 4.45. The zero-order valence-electron chi connectivity index (χ0n) is 11.6. The fourth-order valence-electron chi connectivity index (χ4n) is 2.10. The van der Waals surface area contributed by atoms with Crippen molar-refractivity contribution in [1.29, 1.82) is 0 Å². The van der Waals surface area contributed by atoms with E-state index in [9.17, 15) is 13.6 Å². The number of nitrogens with zero attached hydrogens (tertiary/aromatic N) is 3. The molecule has 7 heteroatoms. The molecule has 0 N–H and O–H groups in total. The Morgan fingerprint density at radius 1 is 1.27 bits per heavy atom. The van der Waals surface area contributed by atoms with Crippen LogP contribution in [0.4, 0.5) is 8.78 Å². The normalized spacial score (nSPS) is 10.9. The van der Waals surface area contributed by atoms with Gasteiger partial charge >= 0.3 is 5.97 Å². The Morgan fingerprint density at radius 3 is 2.82 bits per heavy atom. The minimum atomic E-state index is -1.00. The van der Waals surface area contributed by atoms with Crippen LogP contribution < -0.4 is 0 Å². The van der Waals surface area contributed by atoms with Crippen molar-refractivity contribution >= 4 is 17.0 Å². The summed E-state index contributed by atoms with van der Waals surface area (Å²) in [6.45, 7) is 1.89. The molecular formula is C15H11F2N3O2. The molecule has 0 aliphatic heterocycles. The van der Waals surface area contributed by atoms with E-state index in [-0.39, 0.29) is 18.0 Å². The van der Waals surface area contributed by atoms with E-state index in [1.54, 1.807) is 19.1 Å². The monoisotopic (exact) mass is 303 g/mol. The molecule has 0 radical (unpaired) electrons. The number of hydrogen-bond donors (Lipinski definition) is 0. The van der Waals surface area contributed by atoms with Crippen molar-refractivity contribution in [2.24, 2.45) is 0 Å². The summed E-state index contributed by atoms with van der Waals surface area (Å²) in [4.78, 5) is 16.1. The highest BCUT2D eigenvalue weighted by molar-refractivity contribution is 6.01. The van der Waals surface area contributed by atoms with Crippen LogP contribution in [0.25, 0.3) is 16.7 Å². The van der Waals surface area contributed by atoms with Gasteiger partial charge in [-0.3, -0.25) is 0 Å². The Labute approximate surface area is 124 Å². The SMILES string of the molecule is CCOC(=O)c1nn(-c2ccc(F)c(F)c2)c2ncccc12. The average molecular weight is 303 g/mol. The Hall–Kier alpha value is -2.83. The first-order chi connectivity index (χ1) is 10.6. The first-order valence-corrected chi connectivity index (χ1v) is 6.58. The average Bonchev–Trinajstić information content (AvgIpc) is 2.90. The zero-order chi connectivity index (χ0) is 15.7. The molecule has 5 nitrogen and oxygen atoms in total. The molecular weight excluding hydrogens is 292 g/mol. The molecule has 0 atom stereocenters. The second-order valence-corrected chi connectivity index (χ2v) is 4.45. The molecule has 1 aromatic carbocycles. The highest BCUT2D eigenvalue weighted by Gasteiger charge is 2.20. The maximum Gasteiger partial charge on any atom is 0.359 e. The summed E-state index contributed by atoms with van der Waals surface area (Å²) in [6, 6.07) is 6.66. The molecule has 3 rings (SSSR count). The predicted molar refractivity (Wildman–Crippen MR) is 74.7 cm³/mol. The summed E-state index contributed by atoms with van der Waals surface area (Å²) in [5, 5.41) is 4.62. The van der Waals surface area contributed by atoms with Crippen molar-refractivity contribution < 1.29 is 18.3 Å². The minimum Gasteiger partial charge on any atom is -0.461 e. The van der Waals surface area contributed by atoms with E-state index >= 15 is 0 Å². The quantitative estimate of drug-likeness (QED) is 0.698. The van der Waals surface area contributed by atoms with E-state index in [1.165, 1.54) is 16.9 Å². The second kappa shape index (κ2) is 5.51. The van der Waals surface area contributed by atoms with Gasteiger partial charge in [-0.05, 0) is 31.2 Å². The molecule has 0 unspecified atom stereocenters.